The van der Waals surface area contributed by atoms with Gasteiger partial charge in [-0.05, 0) is 55.2 Å². The molecular formula is C29H37N7O5S. The van der Waals surface area contributed by atoms with E-state index in [-0.39, 0.29) is 29.8 Å². The van der Waals surface area contributed by atoms with E-state index in [2.05, 4.69) is 29.9 Å². The lowest BCUT2D eigenvalue weighted by Crippen LogP contribution is -2.24. The minimum atomic E-state index is -3.66. The zero-order valence-corrected chi connectivity index (χ0v) is 25.5. The van der Waals surface area contributed by atoms with Crippen LogP contribution in [-0.2, 0) is 22.5 Å². The van der Waals surface area contributed by atoms with E-state index in [0.717, 1.165) is 29.0 Å². The quantitative estimate of drug-likeness (QED) is 0.314. The lowest BCUT2D eigenvalue weighted by Gasteiger charge is -2.26. The molecule has 42 heavy (non-hydrogen) atoms. The molecule has 1 aliphatic heterocycles. The van der Waals surface area contributed by atoms with Crippen molar-refractivity contribution in [1.82, 2.24) is 9.55 Å². The van der Waals surface area contributed by atoms with Gasteiger partial charge in [-0.25, -0.2) is 18.4 Å². The predicted molar refractivity (Wildman–Crippen MR) is 161 cm³/mol. The Morgan fingerprint density at radius 3 is 2.55 bits per heavy atom. The summed E-state index contributed by atoms with van der Waals surface area (Å²) in [6, 6.07) is 8.43. The molecule has 1 saturated carbocycles. The van der Waals surface area contributed by atoms with Crippen LogP contribution >= 0.6 is 0 Å². The first-order valence-electron chi connectivity index (χ1n) is 13.7. The van der Waals surface area contributed by atoms with Crippen molar-refractivity contribution >= 4 is 33.0 Å². The summed E-state index contributed by atoms with van der Waals surface area (Å²) in [6.45, 7) is 5.89. The number of hydrogen-bond acceptors (Lipinski definition) is 9. The molecule has 2 heterocycles. The molecule has 2 aliphatic rings. The van der Waals surface area contributed by atoms with Gasteiger partial charge in [0.15, 0.2) is 5.75 Å². The Morgan fingerprint density at radius 1 is 1.19 bits per heavy atom. The van der Waals surface area contributed by atoms with Crippen molar-refractivity contribution in [3.8, 4) is 5.75 Å². The van der Waals surface area contributed by atoms with Gasteiger partial charge in [0.2, 0.25) is 10.0 Å². The van der Waals surface area contributed by atoms with Crippen molar-refractivity contribution in [3.05, 3.63) is 64.7 Å². The molecule has 0 radical (unpaired) electrons. The van der Waals surface area contributed by atoms with Crippen LogP contribution in [0.25, 0.3) is 0 Å². The molecule has 0 spiro atoms. The maximum Gasteiger partial charge on any atom is 0.255 e. The number of aryl methyl sites for hydroxylation is 1. The van der Waals surface area contributed by atoms with Crippen LogP contribution in [0.15, 0.2) is 46.9 Å². The molecule has 224 valence electrons. The Morgan fingerprint density at radius 2 is 1.90 bits per heavy atom. The Labute approximate surface area is 245 Å². The van der Waals surface area contributed by atoms with E-state index in [1.165, 1.54) is 20.0 Å². The molecule has 3 aromatic rings. The van der Waals surface area contributed by atoms with Gasteiger partial charge in [0.1, 0.15) is 11.9 Å². The third kappa shape index (κ3) is 5.97. The zero-order chi connectivity index (χ0) is 30.4. The van der Waals surface area contributed by atoms with E-state index in [1.54, 1.807) is 29.3 Å². The van der Waals surface area contributed by atoms with Gasteiger partial charge in [0.05, 0.1) is 55.5 Å². The van der Waals surface area contributed by atoms with E-state index in [0.29, 0.717) is 23.6 Å². The maximum atomic E-state index is 13.6. The highest BCUT2D eigenvalue weighted by Gasteiger charge is 2.32. The molecular weight excluding hydrogens is 558 g/mol. The van der Waals surface area contributed by atoms with E-state index in [4.69, 9.17) is 4.74 Å². The van der Waals surface area contributed by atoms with E-state index < -0.39 is 21.3 Å². The van der Waals surface area contributed by atoms with Crippen molar-refractivity contribution in [3.63, 3.8) is 0 Å². The molecule has 1 fully saturated rings. The van der Waals surface area contributed by atoms with E-state index in [1.807, 2.05) is 40.1 Å². The normalized spacial score (nSPS) is 17.0. The Hall–Kier alpha value is -3.97. The molecule has 0 bridgehead atoms. The molecule has 3 N–H and O–H groups in total. The third-order valence-electron chi connectivity index (χ3n) is 7.75. The summed E-state index contributed by atoms with van der Waals surface area (Å²) < 4.78 is 34.3. The van der Waals surface area contributed by atoms with Crippen LogP contribution in [0, 0.1) is 6.92 Å². The first-order chi connectivity index (χ1) is 19.8. The second-order valence-corrected chi connectivity index (χ2v) is 13.4. The van der Waals surface area contributed by atoms with Gasteiger partial charge < -0.3 is 19.7 Å². The topological polar surface area (TPSA) is 151 Å². The number of anilines is 3. The standard InChI is InChI=1S/C29H37N7O5S/c1-17-7-8-19(11-24(17)36-15-23(32-34-36)25-14-30-27(35(25)4)18-9-10-18)28(38)31-21-12-20(29(2,3)16-37)13-22(26(21)41-5)33-42(6,39)40/h7-8,11-14,18,23,33,37H,9-10,15-16H2,1-6H3,(H,31,38). The van der Waals surface area contributed by atoms with Crippen molar-refractivity contribution < 1.29 is 23.1 Å². The van der Waals surface area contributed by atoms with Gasteiger partial charge in [0.25, 0.3) is 5.91 Å². The van der Waals surface area contributed by atoms with Crippen LogP contribution in [0.3, 0.4) is 0 Å². The van der Waals surface area contributed by atoms with Crippen LogP contribution in [0.4, 0.5) is 17.1 Å². The highest BCUT2D eigenvalue weighted by Crippen LogP contribution is 2.41. The molecule has 1 amide bonds. The Balaban J connectivity index is 1.41. The van der Waals surface area contributed by atoms with Crippen LogP contribution in [0.2, 0.25) is 0 Å². The first-order valence-corrected chi connectivity index (χ1v) is 15.6. The van der Waals surface area contributed by atoms with Crippen molar-refractivity contribution in [2.24, 2.45) is 17.4 Å². The number of benzene rings is 2. The molecule has 0 saturated heterocycles. The highest BCUT2D eigenvalue weighted by molar-refractivity contribution is 7.92. The summed E-state index contributed by atoms with van der Waals surface area (Å²) in [5.74, 6) is 1.34. The summed E-state index contributed by atoms with van der Waals surface area (Å²) in [4.78, 5) is 18.2. The minimum absolute atomic E-state index is 0.150. The molecule has 2 aromatic carbocycles. The fraction of sp³-hybridized carbons (Fsp3) is 0.448. The summed E-state index contributed by atoms with van der Waals surface area (Å²) in [6.07, 6.45) is 5.25. The number of carbonyl (C=O) groups excluding carboxylic acids is 1. The van der Waals surface area contributed by atoms with Gasteiger partial charge in [-0.1, -0.05) is 25.1 Å². The summed E-state index contributed by atoms with van der Waals surface area (Å²) in [7, 11) is -0.246. The van der Waals surface area contributed by atoms with Crippen LogP contribution in [0.5, 0.6) is 5.75 Å². The van der Waals surface area contributed by atoms with Gasteiger partial charge in [0, 0.05) is 23.9 Å². The zero-order valence-electron chi connectivity index (χ0n) is 24.7. The maximum absolute atomic E-state index is 13.6. The molecule has 1 aromatic heterocycles. The van der Waals surface area contributed by atoms with E-state index >= 15 is 0 Å². The number of carbonyl (C=O) groups is 1. The number of imidazole rings is 1. The third-order valence-corrected chi connectivity index (χ3v) is 8.34. The number of aliphatic hydroxyl groups excluding tert-OH is 1. The number of hydrogen-bond donors (Lipinski definition) is 3. The molecule has 13 heteroatoms. The van der Waals surface area contributed by atoms with Crippen molar-refractivity contribution in [1.29, 1.82) is 0 Å². The lowest BCUT2D eigenvalue weighted by atomic mass is 9.85. The van der Waals surface area contributed by atoms with Gasteiger partial charge in [-0.15, -0.1) is 0 Å². The summed E-state index contributed by atoms with van der Waals surface area (Å²) >= 11 is 0. The van der Waals surface area contributed by atoms with Crippen molar-refractivity contribution in [2.45, 2.75) is 51.0 Å². The summed E-state index contributed by atoms with van der Waals surface area (Å²) in [5, 5.41) is 23.5. The fourth-order valence-electron chi connectivity index (χ4n) is 5.05. The highest BCUT2D eigenvalue weighted by atomic mass is 32.2. The van der Waals surface area contributed by atoms with Crippen LogP contribution < -0.4 is 19.8 Å². The van der Waals surface area contributed by atoms with Gasteiger partial charge in [-0.2, -0.15) is 5.11 Å². The molecule has 1 aliphatic carbocycles. The Bertz CT molecular complexity index is 1660. The molecule has 5 rings (SSSR count). The minimum Gasteiger partial charge on any atom is -0.492 e. The SMILES string of the molecule is COc1c(NC(=O)c2ccc(C)c(N3CC(c4cnc(C5CC5)n4C)N=N3)c2)cc(C(C)(C)CO)cc1NS(C)(=O)=O. The number of aromatic nitrogens is 2. The number of amides is 1. The van der Waals surface area contributed by atoms with E-state index in [9.17, 15) is 18.3 Å². The molecule has 1 unspecified atom stereocenters. The lowest BCUT2D eigenvalue weighted by molar-refractivity contribution is 0.102. The average Bonchev–Trinajstić information content (AvgIpc) is 3.52. The van der Waals surface area contributed by atoms with Crippen LogP contribution in [-0.4, -0.2) is 55.5 Å². The van der Waals surface area contributed by atoms with Gasteiger partial charge >= 0.3 is 0 Å². The second kappa shape index (κ2) is 11.0. The fourth-order valence-corrected chi connectivity index (χ4v) is 5.60. The van der Waals surface area contributed by atoms with Crippen molar-refractivity contribution in [2.75, 3.05) is 41.6 Å². The number of ether oxygens (including phenoxy) is 1. The molecule has 12 nitrogen and oxygen atoms in total. The average molecular weight is 596 g/mol. The number of methoxy groups -OCH3 is 1. The molecule has 1 atom stereocenters. The number of nitrogens with zero attached hydrogens (tertiary/aromatic N) is 5. The Kier molecular flexibility index (Phi) is 7.75. The number of sulfonamides is 1. The first kappa shape index (κ1) is 29.5. The monoisotopic (exact) mass is 595 g/mol. The number of rotatable bonds is 10. The number of aliphatic hydroxyl groups is 1. The predicted octanol–water partition coefficient (Wildman–Crippen LogP) is 4.44. The summed E-state index contributed by atoms with van der Waals surface area (Å²) in [5.41, 5.74) is 3.37. The largest absolute Gasteiger partial charge is 0.492 e. The number of nitrogens with one attached hydrogen (secondary N) is 2. The van der Waals surface area contributed by atoms with Crippen LogP contribution in [0.1, 0.15) is 71.7 Å². The van der Waals surface area contributed by atoms with Gasteiger partial charge in [-0.3, -0.25) is 9.52 Å². The smallest absolute Gasteiger partial charge is 0.255 e. The second-order valence-electron chi connectivity index (χ2n) is 11.7.